The zero-order chi connectivity index (χ0) is 7.40. The van der Waals surface area contributed by atoms with Crippen LogP contribution in [0.2, 0.25) is 0 Å². The molecule has 0 bridgehead atoms. The lowest BCUT2D eigenvalue weighted by Gasteiger charge is -1.84. The van der Waals surface area contributed by atoms with Crippen molar-refractivity contribution in [2.45, 2.75) is 0 Å². The number of H-pyrrole nitrogens is 1. The summed E-state index contributed by atoms with van der Waals surface area (Å²) in [7, 11) is 0. The van der Waals surface area contributed by atoms with Gasteiger partial charge in [0.1, 0.15) is 0 Å². The number of nitrogens with one attached hydrogen (secondary N) is 2. The first-order valence-corrected chi connectivity index (χ1v) is 3.79. The number of rotatable bonds is 2. The summed E-state index contributed by atoms with van der Waals surface area (Å²) < 4.78 is 1.62. The number of halogens is 1. The standard InChI is InChI=1S/C5H5IN4/c6-3-8-5-4(1-7)2-9-10-5/h1-3,7H,(H,9,10)/b7-1?,8-3-. The topological polar surface area (TPSA) is 64.9 Å². The molecular weight excluding hydrogens is 243 g/mol. The van der Waals surface area contributed by atoms with Crippen molar-refractivity contribution in [1.29, 1.82) is 5.41 Å². The van der Waals surface area contributed by atoms with E-state index in [1.54, 1.807) is 10.4 Å². The molecule has 2 N–H and O–H groups in total. The van der Waals surface area contributed by atoms with Crippen LogP contribution in [0.3, 0.4) is 0 Å². The highest BCUT2D eigenvalue weighted by molar-refractivity contribution is 14.1. The summed E-state index contributed by atoms with van der Waals surface area (Å²) in [4.78, 5) is 3.93. The maximum absolute atomic E-state index is 6.92. The molecule has 0 spiro atoms. The molecule has 0 saturated carbocycles. The van der Waals surface area contributed by atoms with Crippen LogP contribution in [0.15, 0.2) is 11.2 Å². The van der Waals surface area contributed by atoms with Crippen LogP contribution in [0.1, 0.15) is 5.56 Å². The summed E-state index contributed by atoms with van der Waals surface area (Å²) in [6, 6.07) is 0. The fraction of sp³-hybridized carbons (Fsp3) is 0. The number of aromatic amines is 1. The Morgan fingerprint density at radius 3 is 3.20 bits per heavy atom. The minimum Gasteiger partial charge on any atom is -0.308 e. The van der Waals surface area contributed by atoms with E-state index in [1.165, 1.54) is 6.21 Å². The Morgan fingerprint density at radius 2 is 2.60 bits per heavy atom. The average Bonchev–Trinajstić information content (AvgIpc) is 2.36. The lowest BCUT2D eigenvalue weighted by molar-refractivity contribution is 1.08. The van der Waals surface area contributed by atoms with E-state index in [1.807, 2.05) is 22.6 Å². The van der Waals surface area contributed by atoms with E-state index in [-0.39, 0.29) is 0 Å². The van der Waals surface area contributed by atoms with Gasteiger partial charge in [0.15, 0.2) is 5.82 Å². The molecule has 0 aliphatic rings. The van der Waals surface area contributed by atoms with Crippen LogP contribution < -0.4 is 0 Å². The number of aromatic nitrogens is 2. The van der Waals surface area contributed by atoms with Gasteiger partial charge in [-0.05, 0) is 22.6 Å². The van der Waals surface area contributed by atoms with E-state index in [2.05, 4.69) is 15.2 Å². The SMILES string of the molecule is N=Cc1cn[nH]c1/N=C\I. The normalized spacial score (nSPS) is 10.5. The van der Waals surface area contributed by atoms with Gasteiger partial charge in [-0.25, -0.2) is 4.99 Å². The number of nitrogens with zero attached hydrogens (tertiary/aromatic N) is 2. The molecule has 0 atom stereocenters. The van der Waals surface area contributed by atoms with Crippen molar-refractivity contribution in [3.8, 4) is 0 Å². The zero-order valence-corrected chi connectivity index (χ0v) is 7.16. The molecule has 0 aliphatic carbocycles. The van der Waals surface area contributed by atoms with E-state index >= 15 is 0 Å². The molecule has 0 aliphatic heterocycles. The van der Waals surface area contributed by atoms with Gasteiger partial charge in [0.05, 0.1) is 16.0 Å². The quantitative estimate of drug-likeness (QED) is 0.604. The van der Waals surface area contributed by atoms with Crippen LogP contribution in [0.5, 0.6) is 0 Å². The third-order valence-corrected chi connectivity index (χ3v) is 1.26. The second-order valence-corrected chi connectivity index (χ2v) is 2.10. The van der Waals surface area contributed by atoms with Crippen LogP contribution >= 0.6 is 22.6 Å². The second-order valence-electron chi connectivity index (χ2n) is 1.54. The summed E-state index contributed by atoms with van der Waals surface area (Å²) in [5.41, 5.74) is 0.702. The van der Waals surface area contributed by atoms with Crippen molar-refractivity contribution in [3.05, 3.63) is 11.8 Å². The Morgan fingerprint density at radius 1 is 1.80 bits per heavy atom. The highest BCUT2D eigenvalue weighted by Crippen LogP contribution is 2.10. The fourth-order valence-corrected chi connectivity index (χ4v) is 0.825. The fourth-order valence-electron chi connectivity index (χ4n) is 0.546. The van der Waals surface area contributed by atoms with Crippen molar-refractivity contribution in [2.24, 2.45) is 4.99 Å². The molecule has 1 heterocycles. The van der Waals surface area contributed by atoms with Crippen molar-refractivity contribution in [3.63, 3.8) is 0 Å². The highest BCUT2D eigenvalue weighted by atomic mass is 127. The van der Waals surface area contributed by atoms with Crippen molar-refractivity contribution in [2.75, 3.05) is 0 Å². The van der Waals surface area contributed by atoms with Crippen LogP contribution in [-0.2, 0) is 0 Å². The molecule has 0 aromatic carbocycles. The molecule has 52 valence electrons. The molecule has 0 fully saturated rings. The highest BCUT2D eigenvalue weighted by Gasteiger charge is 1.96. The molecule has 10 heavy (non-hydrogen) atoms. The number of hydrogen-bond acceptors (Lipinski definition) is 3. The molecule has 1 aromatic rings. The number of aliphatic imine (C=N–C) groups is 1. The van der Waals surface area contributed by atoms with Gasteiger partial charge in [-0.15, -0.1) is 0 Å². The van der Waals surface area contributed by atoms with Crippen LogP contribution in [0.25, 0.3) is 0 Å². The van der Waals surface area contributed by atoms with Crippen LogP contribution in [-0.4, -0.2) is 20.6 Å². The monoisotopic (exact) mass is 248 g/mol. The van der Waals surface area contributed by atoms with Gasteiger partial charge in [0.2, 0.25) is 0 Å². The predicted molar refractivity (Wildman–Crippen MR) is 48.6 cm³/mol. The van der Waals surface area contributed by atoms with Gasteiger partial charge in [0, 0.05) is 6.21 Å². The average molecular weight is 248 g/mol. The Labute approximate surface area is 71.4 Å². The minimum absolute atomic E-state index is 0.629. The van der Waals surface area contributed by atoms with Crippen LogP contribution in [0.4, 0.5) is 5.82 Å². The first-order chi connectivity index (χ1) is 4.88. The second kappa shape index (κ2) is 3.45. The summed E-state index contributed by atoms with van der Waals surface area (Å²) >= 11 is 2.01. The summed E-state index contributed by atoms with van der Waals surface area (Å²) in [6.45, 7) is 0. The number of hydrogen-bond donors (Lipinski definition) is 2. The Kier molecular flexibility index (Phi) is 2.55. The molecule has 4 nitrogen and oxygen atoms in total. The molecule has 1 rings (SSSR count). The van der Waals surface area contributed by atoms with Crippen molar-refractivity contribution >= 4 is 38.8 Å². The molecule has 0 amide bonds. The lowest BCUT2D eigenvalue weighted by atomic mass is 10.4. The Balaban J connectivity index is 3.00. The van der Waals surface area contributed by atoms with E-state index in [0.29, 0.717) is 11.4 Å². The lowest BCUT2D eigenvalue weighted by Crippen LogP contribution is -1.73. The van der Waals surface area contributed by atoms with E-state index in [4.69, 9.17) is 5.41 Å². The van der Waals surface area contributed by atoms with Crippen LogP contribution in [0, 0.1) is 5.41 Å². The van der Waals surface area contributed by atoms with Crippen molar-refractivity contribution < 1.29 is 0 Å². The molecule has 5 heteroatoms. The first-order valence-electron chi connectivity index (χ1n) is 2.55. The third kappa shape index (κ3) is 1.41. The largest absolute Gasteiger partial charge is 0.308 e. The van der Waals surface area contributed by atoms with Gasteiger partial charge in [-0.3, -0.25) is 5.10 Å². The van der Waals surface area contributed by atoms with E-state index in [9.17, 15) is 0 Å². The van der Waals surface area contributed by atoms with Crippen molar-refractivity contribution in [1.82, 2.24) is 10.2 Å². The maximum Gasteiger partial charge on any atom is 0.157 e. The van der Waals surface area contributed by atoms with Gasteiger partial charge in [0.25, 0.3) is 0 Å². The zero-order valence-electron chi connectivity index (χ0n) is 5.00. The molecule has 1 aromatic heterocycles. The summed E-state index contributed by atoms with van der Waals surface area (Å²) in [5.74, 6) is 0.629. The molecule has 0 unspecified atom stereocenters. The maximum atomic E-state index is 6.92. The Hall–Kier alpha value is -0.720. The minimum atomic E-state index is 0.629. The smallest absolute Gasteiger partial charge is 0.157 e. The molecular formula is C5H5IN4. The van der Waals surface area contributed by atoms with E-state index < -0.39 is 0 Å². The van der Waals surface area contributed by atoms with Gasteiger partial charge in [-0.2, -0.15) is 5.10 Å². The van der Waals surface area contributed by atoms with Gasteiger partial charge < -0.3 is 5.41 Å². The third-order valence-electron chi connectivity index (χ3n) is 0.981. The summed E-state index contributed by atoms with van der Waals surface area (Å²) in [5, 5.41) is 13.3. The van der Waals surface area contributed by atoms with Gasteiger partial charge in [-0.1, -0.05) is 0 Å². The van der Waals surface area contributed by atoms with Gasteiger partial charge >= 0.3 is 0 Å². The van der Waals surface area contributed by atoms with E-state index in [0.717, 1.165) is 0 Å². The molecule has 0 radical (unpaired) electrons. The first kappa shape index (κ1) is 7.39. The Bertz CT molecular complexity index is 252. The summed E-state index contributed by atoms with van der Waals surface area (Å²) in [6.07, 6.45) is 2.77. The molecule has 0 saturated heterocycles. The predicted octanol–water partition coefficient (Wildman–Crippen LogP) is 1.50.